The molecule has 0 aliphatic rings. The molecular weight excluding hydrogens is 276 g/mol. The minimum absolute atomic E-state index is 0.0865. The van der Waals surface area contributed by atoms with Crippen LogP contribution in [0.1, 0.15) is 21.5 Å². The first-order chi connectivity index (χ1) is 9.27. The maximum Gasteiger partial charge on any atom is 0.419 e. The Balaban J connectivity index is 2.27. The molecule has 1 aromatic heterocycles. The van der Waals surface area contributed by atoms with E-state index < -0.39 is 23.3 Å². The van der Waals surface area contributed by atoms with E-state index in [2.05, 4.69) is 5.10 Å². The Morgan fingerprint density at radius 1 is 1.35 bits per heavy atom. The smallest absolute Gasteiger partial charge is 0.294 e. The van der Waals surface area contributed by atoms with Gasteiger partial charge in [-0.3, -0.25) is 9.48 Å². The molecule has 0 N–H and O–H groups in total. The van der Waals surface area contributed by atoms with Gasteiger partial charge in [0, 0.05) is 25.2 Å². The lowest BCUT2D eigenvalue weighted by Crippen LogP contribution is -2.11. The first-order valence-electron chi connectivity index (χ1n) is 5.65. The van der Waals surface area contributed by atoms with Crippen molar-refractivity contribution in [2.24, 2.45) is 7.05 Å². The van der Waals surface area contributed by atoms with Gasteiger partial charge in [-0.25, -0.2) is 4.39 Å². The van der Waals surface area contributed by atoms with E-state index in [9.17, 15) is 22.4 Å². The molecule has 1 heterocycles. The van der Waals surface area contributed by atoms with Crippen molar-refractivity contribution in [1.29, 1.82) is 0 Å². The summed E-state index contributed by atoms with van der Waals surface area (Å²) in [4.78, 5) is 11.9. The zero-order chi connectivity index (χ0) is 14.9. The van der Waals surface area contributed by atoms with Gasteiger partial charge in [-0.05, 0) is 23.8 Å². The molecule has 1 aromatic carbocycles. The molecule has 20 heavy (non-hydrogen) atoms. The van der Waals surface area contributed by atoms with Gasteiger partial charge in [0.05, 0.1) is 11.8 Å². The monoisotopic (exact) mass is 286 g/mol. The summed E-state index contributed by atoms with van der Waals surface area (Å²) in [6, 6.07) is 2.23. The van der Waals surface area contributed by atoms with Gasteiger partial charge >= 0.3 is 6.18 Å². The maximum absolute atomic E-state index is 13.1. The summed E-state index contributed by atoms with van der Waals surface area (Å²) in [6.07, 6.45) is -1.87. The minimum atomic E-state index is -4.82. The van der Waals surface area contributed by atoms with Crippen LogP contribution < -0.4 is 0 Å². The van der Waals surface area contributed by atoms with Crippen LogP contribution in [0.15, 0.2) is 30.6 Å². The van der Waals surface area contributed by atoms with Crippen LogP contribution in [0.4, 0.5) is 17.6 Å². The van der Waals surface area contributed by atoms with Crippen LogP contribution in [-0.2, 0) is 19.6 Å². The normalized spacial score (nSPS) is 11.7. The van der Waals surface area contributed by atoms with Crippen molar-refractivity contribution in [3.8, 4) is 0 Å². The Kier molecular flexibility index (Phi) is 3.61. The molecule has 0 unspecified atom stereocenters. The quantitative estimate of drug-likeness (QED) is 0.642. The zero-order valence-corrected chi connectivity index (χ0v) is 10.4. The number of hydrogen-bond acceptors (Lipinski definition) is 2. The predicted molar refractivity (Wildman–Crippen MR) is 62.6 cm³/mol. The highest BCUT2D eigenvalue weighted by molar-refractivity contribution is 5.97. The molecule has 0 aliphatic carbocycles. The van der Waals surface area contributed by atoms with Crippen LogP contribution >= 0.6 is 0 Å². The van der Waals surface area contributed by atoms with Crippen LogP contribution in [0.5, 0.6) is 0 Å². The Morgan fingerprint density at radius 2 is 2.05 bits per heavy atom. The molecule has 3 nitrogen and oxygen atoms in total. The Bertz CT molecular complexity index is 646. The first-order valence-corrected chi connectivity index (χ1v) is 5.65. The van der Waals surface area contributed by atoms with E-state index in [4.69, 9.17) is 0 Å². The van der Waals surface area contributed by atoms with Crippen molar-refractivity contribution in [1.82, 2.24) is 9.78 Å². The fraction of sp³-hybridized carbons (Fsp3) is 0.231. The summed E-state index contributed by atoms with van der Waals surface area (Å²) in [5.74, 6) is -1.92. The fourth-order valence-electron chi connectivity index (χ4n) is 1.77. The van der Waals surface area contributed by atoms with Crippen LogP contribution in [0.2, 0.25) is 0 Å². The maximum atomic E-state index is 13.1. The molecule has 0 saturated heterocycles. The number of carbonyl (C=O) groups is 1. The summed E-state index contributed by atoms with van der Waals surface area (Å²) >= 11 is 0. The first kappa shape index (κ1) is 14.2. The van der Waals surface area contributed by atoms with Crippen molar-refractivity contribution < 1.29 is 22.4 Å². The van der Waals surface area contributed by atoms with E-state index in [-0.39, 0.29) is 12.0 Å². The summed E-state index contributed by atoms with van der Waals surface area (Å²) < 4.78 is 52.3. The number of carbonyl (C=O) groups excluding carboxylic acids is 1. The number of hydrogen-bond donors (Lipinski definition) is 0. The van der Waals surface area contributed by atoms with Gasteiger partial charge in [-0.2, -0.15) is 18.3 Å². The van der Waals surface area contributed by atoms with Crippen LogP contribution in [0.25, 0.3) is 0 Å². The van der Waals surface area contributed by atoms with Gasteiger partial charge in [0.1, 0.15) is 5.82 Å². The summed E-state index contributed by atoms with van der Waals surface area (Å²) in [5.41, 5.74) is -1.03. The Morgan fingerprint density at radius 3 is 2.60 bits per heavy atom. The van der Waals surface area contributed by atoms with Gasteiger partial charge < -0.3 is 0 Å². The minimum Gasteiger partial charge on any atom is -0.294 e. The van der Waals surface area contributed by atoms with Crippen molar-refractivity contribution in [2.45, 2.75) is 12.6 Å². The summed E-state index contributed by atoms with van der Waals surface area (Å²) in [7, 11) is 1.66. The Labute approximate surface area is 111 Å². The summed E-state index contributed by atoms with van der Waals surface area (Å²) in [6.45, 7) is 0. The van der Waals surface area contributed by atoms with E-state index >= 15 is 0 Å². The number of aromatic nitrogens is 2. The van der Waals surface area contributed by atoms with Crippen molar-refractivity contribution in [3.63, 3.8) is 0 Å². The average Bonchev–Trinajstić information content (AvgIpc) is 2.73. The van der Waals surface area contributed by atoms with E-state index in [0.717, 1.165) is 6.07 Å². The van der Waals surface area contributed by atoms with Gasteiger partial charge in [0.15, 0.2) is 5.78 Å². The highest BCUT2D eigenvalue weighted by Gasteiger charge is 2.34. The number of halogens is 4. The van der Waals surface area contributed by atoms with Gasteiger partial charge in [0.25, 0.3) is 0 Å². The Hall–Kier alpha value is -2.18. The lowest BCUT2D eigenvalue weighted by molar-refractivity contribution is -0.140. The third-order valence-electron chi connectivity index (χ3n) is 2.72. The van der Waals surface area contributed by atoms with Crippen LogP contribution in [0, 0.1) is 5.82 Å². The second-order valence-electron chi connectivity index (χ2n) is 4.31. The number of Topliss-reactive ketones (excluding diaryl/α,β-unsaturated/α-hetero) is 1. The average molecular weight is 286 g/mol. The number of benzene rings is 1. The molecule has 106 valence electrons. The molecule has 0 bridgehead atoms. The molecule has 0 fully saturated rings. The van der Waals surface area contributed by atoms with Gasteiger partial charge in [-0.15, -0.1) is 0 Å². The van der Waals surface area contributed by atoms with Crippen molar-refractivity contribution >= 4 is 5.78 Å². The fourth-order valence-corrected chi connectivity index (χ4v) is 1.77. The molecule has 0 radical (unpaired) electrons. The van der Waals surface area contributed by atoms with Gasteiger partial charge in [-0.1, -0.05) is 0 Å². The molecule has 2 aromatic rings. The molecule has 0 atom stereocenters. The number of aryl methyl sites for hydroxylation is 1. The lowest BCUT2D eigenvalue weighted by atomic mass is 10.0. The largest absolute Gasteiger partial charge is 0.419 e. The molecule has 0 saturated carbocycles. The van der Waals surface area contributed by atoms with Crippen molar-refractivity contribution in [3.05, 3.63) is 53.1 Å². The predicted octanol–water partition coefficient (Wildman–Crippen LogP) is 3.00. The van der Waals surface area contributed by atoms with Crippen molar-refractivity contribution in [2.75, 3.05) is 0 Å². The van der Waals surface area contributed by atoms with Crippen LogP contribution in [-0.4, -0.2) is 15.6 Å². The second-order valence-corrected chi connectivity index (χ2v) is 4.31. The number of alkyl halides is 3. The number of ketones is 1. The van der Waals surface area contributed by atoms with E-state index in [1.807, 2.05) is 0 Å². The number of rotatable bonds is 3. The highest BCUT2D eigenvalue weighted by Crippen LogP contribution is 2.32. The molecule has 0 spiro atoms. The van der Waals surface area contributed by atoms with E-state index in [0.29, 0.717) is 17.7 Å². The van der Waals surface area contributed by atoms with E-state index in [1.165, 1.54) is 10.9 Å². The molecule has 0 aliphatic heterocycles. The lowest BCUT2D eigenvalue weighted by Gasteiger charge is -2.09. The number of nitrogens with zero attached hydrogens (tertiary/aromatic N) is 2. The molecule has 0 amide bonds. The highest BCUT2D eigenvalue weighted by atomic mass is 19.4. The topological polar surface area (TPSA) is 34.9 Å². The summed E-state index contributed by atoms with van der Waals surface area (Å²) in [5, 5.41) is 3.86. The van der Waals surface area contributed by atoms with E-state index in [1.54, 1.807) is 13.2 Å². The third-order valence-corrected chi connectivity index (χ3v) is 2.72. The SMILES string of the molecule is Cn1cc(CC(=O)c2ccc(F)c(C(F)(F)F)c2)cn1. The standard InChI is InChI=1S/C13H10F4N2O/c1-19-7-8(6-18-19)4-12(20)9-2-3-11(14)10(5-9)13(15,16)17/h2-3,5-7H,4H2,1H3. The molecule has 7 heteroatoms. The van der Waals surface area contributed by atoms with Gasteiger partial charge in [0.2, 0.25) is 0 Å². The zero-order valence-electron chi connectivity index (χ0n) is 10.4. The molecular formula is C13H10F4N2O. The third kappa shape index (κ3) is 3.04. The molecule has 2 rings (SSSR count). The second kappa shape index (κ2) is 5.07. The van der Waals surface area contributed by atoms with Crippen LogP contribution in [0.3, 0.4) is 0 Å².